The summed E-state index contributed by atoms with van der Waals surface area (Å²) < 4.78 is 40.1. The Bertz CT molecular complexity index is 540. The molecule has 1 aliphatic heterocycles. The molecule has 0 aliphatic carbocycles. The van der Waals surface area contributed by atoms with Crippen LogP contribution in [-0.4, -0.2) is 28.1 Å². The summed E-state index contributed by atoms with van der Waals surface area (Å²) >= 11 is 0. The topological polar surface area (TPSA) is 58.2 Å². The molecule has 0 aromatic heterocycles. The number of rotatable bonds is 5. The third-order valence-corrected chi connectivity index (χ3v) is 4.86. The fraction of sp³-hybridized carbons (Fsp3) is 0.538. The minimum absolute atomic E-state index is 0.267. The van der Waals surface area contributed by atoms with Crippen molar-refractivity contribution in [3.8, 4) is 0 Å². The maximum absolute atomic E-state index is 13.6. The Hall–Kier alpha value is -0.980. The molecule has 0 amide bonds. The Morgan fingerprint density at radius 3 is 2.95 bits per heavy atom. The molecule has 2 rings (SSSR count). The van der Waals surface area contributed by atoms with Gasteiger partial charge in [0.15, 0.2) is 0 Å². The lowest BCUT2D eigenvalue weighted by atomic mass is 10.1. The molecule has 6 heteroatoms. The second-order valence-corrected chi connectivity index (χ2v) is 6.71. The predicted octanol–water partition coefficient (Wildman–Crippen LogP) is 1.41. The molecule has 1 heterocycles. The SMILES string of the molecule is Cc1ccc(F)c(S(=O)(=O)NCC[C@@H]2CCNC2)c1. The maximum Gasteiger partial charge on any atom is 0.243 e. The first kappa shape index (κ1) is 14.4. The van der Waals surface area contributed by atoms with Crippen LogP contribution >= 0.6 is 0 Å². The monoisotopic (exact) mass is 286 g/mol. The first-order valence-corrected chi connectivity index (χ1v) is 7.94. The second kappa shape index (κ2) is 5.98. The molecule has 1 atom stereocenters. The average Bonchev–Trinajstić information content (AvgIpc) is 2.85. The average molecular weight is 286 g/mol. The van der Waals surface area contributed by atoms with Crippen molar-refractivity contribution >= 4 is 10.0 Å². The molecule has 1 aliphatic rings. The number of sulfonamides is 1. The summed E-state index contributed by atoms with van der Waals surface area (Å²) in [7, 11) is -3.75. The van der Waals surface area contributed by atoms with E-state index in [1.165, 1.54) is 12.1 Å². The molecule has 1 aromatic carbocycles. The fourth-order valence-corrected chi connectivity index (χ4v) is 3.46. The van der Waals surface area contributed by atoms with Crippen LogP contribution in [0.15, 0.2) is 23.1 Å². The smallest absolute Gasteiger partial charge is 0.243 e. The summed E-state index contributed by atoms with van der Waals surface area (Å²) in [6.07, 6.45) is 1.85. The minimum atomic E-state index is -3.75. The van der Waals surface area contributed by atoms with Gasteiger partial charge in [0.1, 0.15) is 10.7 Å². The summed E-state index contributed by atoms with van der Waals surface area (Å²) in [5.41, 5.74) is 0.724. The lowest BCUT2D eigenvalue weighted by Gasteiger charge is -2.11. The molecule has 1 saturated heterocycles. The lowest BCUT2D eigenvalue weighted by Crippen LogP contribution is -2.27. The number of benzene rings is 1. The number of hydrogen-bond acceptors (Lipinski definition) is 3. The molecule has 0 radical (unpaired) electrons. The minimum Gasteiger partial charge on any atom is -0.316 e. The van der Waals surface area contributed by atoms with Gasteiger partial charge in [-0.1, -0.05) is 6.07 Å². The van der Waals surface area contributed by atoms with Crippen LogP contribution in [-0.2, 0) is 10.0 Å². The third kappa shape index (κ3) is 3.75. The molecule has 19 heavy (non-hydrogen) atoms. The van der Waals surface area contributed by atoms with Crippen LogP contribution in [0, 0.1) is 18.7 Å². The molecule has 1 aromatic rings. The molecule has 1 fully saturated rings. The van der Waals surface area contributed by atoms with Crippen molar-refractivity contribution in [3.63, 3.8) is 0 Å². The van der Waals surface area contributed by atoms with Crippen LogP contribution in [0.4, 0.5) is 4.39 Å². The Balaban J connectivity index is 1.99. The Morgan fingerprint density at radius 2 is 2.26 bits per heavy atom. The third-order valence-electron chi connectivity index (χ3n) is 3.38. The highest BCUT2D eigenvalue weighted by atomic mass is 32.2. The Morgan fingerprint density at radius 1 is 1.47 bits per heavy atom. The van der Waals surface area contributed by atoms with E-state index in [0.717, 1.165) is 31.5 Å². The first-order chi connectivity index (χ1) is 8.99. The van der Waals surface area contributed by atoms with Gasteiger partial charge in [-0.2, -0.15) is 0 Å². The van der Waals surface area contributed by atoms with Gasteiger partial charge < -0.3 is 5.32 Å². The normalized spacial score (nSPS) is 19.8. The van der Waals surface area contributed by atoms with Crippen molar-refractivity contribution in [2.24, 2.45) is 5.92 Å². The van der Waals surface area contributed by atoms with E-state index in [4.69, 9.17) is 0 Å². The van der Waals surface area contributed by atoms with Crippen LogP contribution < -0.4 is 10.0 Å². The van der Waals surface area contributed by atoms with Crippen molar-refractivity contribution in [2.45, 2.75) is 24.7 Å². The van der Waals surface area contributed by atoms with Crippen LogP contribution in [0.1, 0.15) is 18.4 Å². The van der Waals surface area contributed by atoms with Gasteiger partial charge in [0, 0.05) is 6.54 Å². The maximum atomic E-state index is 13.6. The predicted molar refractivity (Wildman–Crippen MR) is 71.9 cm³/mol. The summed E-state index contributed by atoms with van der Waals surface area (Å²) in [5.74, 6) is -0.203. The fourth-order valence-electron chi connectivity index (χ4n) is 2.25. The molecule has 106 valence electrons. The highest BCUT2D eigenvalue weighted by molar-refractivity contribution is 7.89. The van der Waals surface area contributed by atoms with Gasteiger partial charge in [-0.15, -0.1) is 0 Å². The van der Waals surface area contributed by atoms with Gasteiger partial charge in [-0.3, -0.25) is 0 Å². The van der Waals surface area contributed by atoms with Gasteiger partial charge >= 0.3 is 0 Å². The van der Waals surface area contributed by atoms with Crippen molar-refractivity contribution < 1.29 is 12.8 Å². The number of nitrogens with one attached hydrogen (secondary N) is 2. The zero-order valence-corrected chi connectivity index (χ0v) is 11.8. The van der Waals surface area contributed by atoms with Crippen molar-refractivity contribution in [2.75, 3.05) is 19.6 Å². The Labute approximate surface area is 113 Å². The van der Waals surface area contributed by atoms with Crippen LogP contribution in [0.25, 0.3) is 0 Å². The molecular formula is C13H19FN2O2S. The second-order valence-electron chi connectivity index (χ2n) is 4.98. The lowest BCUT2D eigenvalue weighted by molar-refractivity contribution is 0.515. The van der Waals surface area contributed by atoms with Gasteiger partial charge in [0.05, 0.1) is 0 Å². The van der Waals surface area contributed by atoms with Crippen molar-refractivity contribution in [3.05, 3.63) is 29.6 Å². The number of aryl methyl sites for hydroxylation is 1. The highest BCUT2D eigenvalue weighted by Gasteiger charge is 2.20. The summed E-state index contributed by atoms with van der Waals surface area (Å²) in [6.45, 7) is 4.01. The van der Waals surface area contributed by atoms with Gasteiger partial charge in [0.2, 0.25) is 10.0 Å². The molecule has 0 unspecified atom stereocenters. The van der Waals surface area contributed by atoms with E-state index in [0.29, 0.717) is 12.5 Å². The summed E-state index contributed by atoms with van der Waals surface area (Å²) in [5, 5.41) is 3.23. The number of halogens is 1. The van der Waals surface area contributed by atoms with Crippen molar-refractivity contribution in [1.29, 1.82) is 0 Å². The summed E-state index contributed by atoms with van der Waals surface area (Å²) in [4.78, 5) is -0.267. The van der Waals surface area contributed by atoms with E-state index in [2.05, 4.69) is 10.0 Å². The van der Waals surface area contributed by atoms with E-state index in [9.17, 15) is 12.8 Å². The van der Waals surface area contributed by atoms with E-state index in [1.807, 2.05) is 0 Å². The number of hydrogen-bond donors (Lipinski definition) is 2. The highest BCUT2D eigenvalue weighted by Crippen LogP contribution is 2.16. The van der Waals surface area contributed by atoms with Crippen LogP contribution in [0.5, 0.6) is 0 Å². The standard InChI is InChI=1S/C13H19FN2O2S/c1-10-2-3-12(14)13(8-10)19(17,18)16-7-5-11-4-6-15-9-11/h2-3,8,11,15-16H,4-7,9H2,1H3/t11-/m0/s1. The van der Waals surface area contributed by atoms with E-state index in [-0.39, 0.29) is 4.90 Å². The zero-order chi connectivity index (χ0) is 13.9. The van der Waals surface area contributed by atoms with Crippen LogP contribution in [0.2, 0.25) is 0 Å². The molecule has 2 N–H and O–H groups in total. The quantitative estimate of drug-likeness (QED) is 0.860. The molecular weight excluding hydrogens is 267 g/mol. The van der Waals surface area contributed by atoms with E-state index < -0.39 is 15.8 Å². The molecule has 4 nitrogen and oxygen atoms in total. The molecule has 0 saturated carbocycles. The zero-order valence-electron chi connectivity index (χ0n) is 10.9. The largest absolute Gasteiger partial charge is 0.316 e. The van der Waals surface area contributed by atoms with Gasteiger partial charge in [-0.25, -0.2) is 17.5 Å². The summed E-state index contributed by atoms with van der Waals surface area (Å²) in [6, 6.07) is 4.10. The molecule has 0 spiro atoms. The van der Waals surface area contributed by atoms with Gasteiger partial charge in [-0.05, 0) is 56.5 Å². The Kier molecular flexibility index (Phi) is 4.54. The van der Waals surface area contributed by atoms with Crippen molar-refractivity contribution in [1.82, 2.24) is 10.0 Å². The van der Waals surface area contributed by atoms with E-state index >= 15 is 0 Å². The molecule has 0 bridgehead atoms. The first-order valence-electron chi connectivity index (χ1n) is 6.45. The van der Waals surface area contributed by atoms with E-state index in [1.54, 1.807) is 13.0 Å². The van der Waals surface area contributed by atoms with Gasteiger partial charge in [0.25, 0.3) is 0 Å². The van der Waals surface area contributed by atoms with Crippen LogP contribution in [0.3, 0.4) is 0 Å².